The molecule has 13 heavy (non-hydrogen) atoms. The minimum atomic E-state index is -0.854. The molecule has 0 bridgehead atoms. The minimum Gasteiger partial charge on any atom is -0.481 e. The van der Waals surface area contributed by atoms with Gasteiger partial charge in [0.1, 0.15) is 0 Å². The summed E-state index contributed by atoms with van der Waals surface area (Å²) in [5.41, 5.74) is 0. The zero-order chi connectivity index (χ0) is 9.84. The molecule has 0 aromatic carbocycles. The van der Waals surface area contributed by atoms with E-state index in [0.29, 0.717) is 13.0 Å². The highest BCUT2D eigenvalue weighted by Gasteiger charge is 2.33. The van der Waals surface area contributed by atoms with Crippen LogP contribution in [0.5, 0.6) is 0 Å². The first-order valence-electron chi connectivity index (χ1n) is 4.20. The molecule has 0 saturated carbocycles. The van der Waals surface area contributed by atoms with E-state index in [1.807, 2.05) is 0 Å². The molecule has 1 aliphatic rings. The van der Waals surface area contributed by atoms with E-state index in [1.165, 1.54) is 6.92 Å². The summed E-state index contributed by atoms with van der Waals surface area (Å²) in [5.74, 6) is -1.50. The van der Waals surface area contributed by atoms with Crippen molar-refractivity contribution in [1.29, 1.82) is 0 Å². The van der Waals surface area contributed by atoms with Gasteiger partial charge in [-0.1, -0.05) is 0 Å². The first-order valence-corrected chi connectivity index (χ1v) is 4.20. The average molecular weight is 187 g/mol. The van der Waals surface area contributed by atoms with Crippen LogP contribution >= 0.6 is 0 Å². The van der Waals surface area contributed by atoms with Crippen molar-refractivity contribution in [2.75, 3.05) is 13.2 Å². The van der Waals surface area contributed by atoms with Gasteiger partial charge in [0.05, 0.1) is 12.0 Å². The molecule has 0 aliphatic carbocycles. The Balaban J connectivity index is 2.39. The lowest BCUT2D eigenvalue weighted by molar-refractivity contribution is -0.143. The van der Waals surface area contributed by atoms with Crippen molar-refractivity contribution >= 4 is 11.9 Å². The van der Waals surface area contributed by atoms with Gasteiger partial charge in [0.25, 0.3) is 0 Å². The van der Waals surface area contributed by atoms with E-state index < -0.39 is 11.9 Å². The normalized spacial score (nSPS) is 27.2. The van der Waals surface area contributed by atoms with Crippen LogP contribution in [0.25, 0.3) is 0 Å². The molecule has 1 heterocycles. The van der Waals surface area contributed by atoms with E-state index in [9.17, 15) is 9.59 Å². The Morgan fingerprint density at radius 1 is 1.62 bits per heavy atom. The summed E-state index contributed by atoms with van der Waals surface area (Å²) in [6.07, 6.45) is 0.154. The van der Waals surface area contributed by atoms with Crippen molar-refractivity contribution in [3.05, 3.63) is 0 Å². The topological polar surface area (TPSA) is 75.6 Å². The molecular weight excluding hydrogens is 174 g/mol. The highest BCUT2D eigenvalue weighted by Crippen LogP contribution is 2.20. The van der Waals surface area contributed by atoms with E-state index in [1.54, 1.807) is 0 Å². The Labute approximate surface area is 76.1 Å². The van der Waals surface area contributed by atoms with Crippen LogP contribution in [0.4, 0.5) is 0 Å². The number of hydrogen-bond acceptors (Lipinski definition) is 3. The fourth-order valence-corrected chi connectivity index (χ4v) is 1.38. The van der Waals surface area contributed by atoms with Crippen LogP contribution in [0.3, 0.4) is 0 Å². The first kappa shape index (κ1) is 9.98. The maximum absolute atomic E-state index is 10.7. The monoisotopic (exact) mass is 187 g/mol. The number of carboxylic acids is 1. The summed E-state index contributed by atoms with van der Waals surface area (Å²) in [7, 11) is 0. The van der Waals surface area contributed by atoms with Crippen LogP contribution in [0.1, 0.15) is 13.3 Å². The summed E-state index contributed by atoms with van der Waals surface area (Å²) in [6.45, 7) is 2.14. The van der Waals surface area contributed by atoms with Crippen LogP contribution < -0.4 is 5.32 Å². The molecule has 74 valence electrons. The quantitative estimate of drug-likeness (QED) is 0.631. The highest BCUT2D eigenvalue weighted by atomic mass is 16.5. The molecule has 1 aliphatic heterocycles. The van der Waals surface area contributed by atoms with Gasteiger partial charge in [-0.25, -0.2) is 0 Å². The predicted molar refractivity (Wildman–Crippen MR) is 44.2 cm³/mol. The molecule has 1 fully saturated rings. The lowest BCUT2D eigenvalue weighted by Gasteiger charge is -2.14. The van der Waals surface area contributed by atoms with Gasteiger partial charge in [-0.05, 0) is 6.42 Å². The van der Waals surface area contributed by atoms with Crippen LogP contribution in [0, 0.1) is 5.92 Å². The van der Waals surface area contributed by atoms with E-state index in [-0.39, 0.29) is 18.6 Å². The van der Waals surface area contributed by atoms with Crippen molar-refractivity contribution < 1.29 is 19.4 Å². The minimum absolute atomic E-state index is 0.167. The molecule has 2 atom stereocenters. The van der Waals surface area contributed by atoms with Crippen LogP contribution in [-0.2, 0) is 14.3 Å². The number of ether oxygens (including phenoxy) is 1. The number of nitrogens with one attached hydrogen (secondary N) is 1. The molecule has 0 aromatic rings. The van der Waals surface area contributed by atoms with Gasteiger partial charge < -0.3 is 15.2 Å². The second-order valence-corrected chi connectivity index (χ2v) is 3.08. The van der Waals surface area contributed by atoms with Crippen molar-refractivity contribution in [3.8, 4) is 0 Å². The number of amides is 1. The molecule has 0 unspecified atom stereocenters. The fourth-order valence-electron chi connectivity index (χ4n) is 1.38. The molecule has 1 amide bonds. The molecular formula is C8H13NO4. The van der Waals surface area contributed by atoms with E-state index >= 15 is 0 Å². The van der Waals surface area contributed by atoms with Gasteiger partial charge >= 0.3 is 5.97 Å². The number of aliphatic carboxylic acids is 1. The number of carbonyl (C=O) groups is 2. The SMILES string of the molecule is CC(=O)NC[C@H]1OCC[C@H]1C(=O)O. The summed E-state index contributed by atoms with van der Waals surface area (Å²) >= 11 is 0. The lowest BCUT2D eigenvalue weighted by atomic mass is 10.0. The Hall–Kier alpha value is -1.10. The Morgan fingerprint density at radius 2 is 2.31 bits per heavy atom. The zero-order valence-electron chi connectivity index (χ0n) is 7.45. The third kappa shape index (κ3) is 2.69. The van der Waals surface area contributed by atoms with Gasteiger partial charge in [0, 0.05) is 20.1 Å². The Kier molecular flexibility index (Phi) is 3.25. The van der Waals surface area contributed by atoms with Crippen LogP contribution in [0.2, 0.25) is 0 Å². The number of hydrogen-bond donors (Lipinski definition) is 2. The fraction of sp³-hybridized carbons (Fsp3) is 0.750. The molecule has 5 heteroatoms. The summed E-state index contributed by atoms with van der Waals surface area (Å²) in [5, 5.41) is 11.3. The maximum atomic E-state index is 10.7. The lowest BCUT2D eigenvalue weighted by Crippen LogP contribution is -2.36. The molecule has 0 radical (unpaired) electrons. The number of carbonyl (C=O) groups excluding carboxylic acids is 1. The second-order valence-electron chi connectivity index (χ2n) is 3.08. The van der Waals surface area contributed by atoms with Gasteiger partial charge in [-0.2, -0.15) is 0 Å². The maximum Gasteiger partial charge on any atom is 0.309 e. The smallest absolute Gasteiger partial charge is 0.309 e. The number of carboxylic acid groups (broad SMARTS) is 1. The van der Waals surface area contributed by atoms with Gasteiger partial charge in [0.15, 0.2) is 0 Å². The Bertz CT molecular complexity index is 216. The van der Waals surface area contributed by atoms with E-state index in [4.69, 9.17) is 9.84 Å². The summed E-state index contributed by atoms with van der Waals surface area (Å²) < 4.78 is 5.18. The van der Waals surface area contributed by atoms with E-state index in [2.05, 4.69) is 5.32 Å². The molecule has 5 nitrogen and oxygen atoms in total. The molecule has 2 N–H and O–H groups in total. The molecule has 1 rings (SSSR count). The van der Waals surface area contributed by atoms with Crippen LogP contribution in [0.15, 0.2) is 0 Å². The third-order valence-electron chi connectivity index (χ3n) is 2.08. The van der Waals surface area contributed by atoms with E-state index in [0.717, 1.165) is 0 Å². The summed E-state index contributed by atoms with van der Waals surface area (Å²) in [4.78, 5) is 21.2. The third-order valence-corrected chi connectivity index (χ3v) is 2.08. The highest BCUT2D eigenvalue weighted by molar-refractivity contribution is 5.73. The molecule has 1 saturated heterocycles. The molecule has 0 aromatic heterocycles. The van der Waals surface area contributed by atoms with Crippen molar-refractivity contribution in [3.63, 3.8) is 0 Å². The van der Waals surface area contributed by atoms with Crippen molar-refractivity contribution in [2.45, 2.75) is 19.4 Å². The van der Waals surface area contributed by atoms with Gasteiger partial charge in [-0.3, -0.25) is 9.59 Å². The first-order chi connectivity index (χ1) is 6.11. The second kappa shape index (κ2) is 4.23. The summed E-state index contributed by atoms with van der Waals surface area (Å²) in [6, 6.07) is 0. The number of rotatable bonds is 3. The average Bonchev–Trinajstić information content (AvgIpc) is 2.47. The van der Waals surface area contributed by atoms with Crippen LogP contribution in [-0.4, -0.2) is 36.2 Å². The predicted octanol–water partition coefficient (Wildman–Crippen LogP) is -0.388. The van der Waals surface area contributed by atoms with Crippen molar-refractivity contribution in [1.82, 2.24) is 5.32 Å². The Morgan fingerprint density at radius 3 is 2.85 bits per heavy atom. The van der Waals surface area contributed by atoms with Gasteiger partial charge in [-0.15, -0.1) is 0 Å². The van der Waals surface area contributed by atoms with Gasteiger partial charge in [0.2, 0.25) is 5.91 Å². The largest absolute Gasteiger partial charge is 0.481 e. The zero-order valence-corrected chi connectivity index (χ0v) is 7.45. The van der Waals surface area contributed by atoms with Crippen molar-refractivity contribution in [2.24, 2.45) is 5.92 Å². The standard InChI is InChI=1S/C8H13NO4/c1-5(10)9-4-7-6(8(11)12)2-3-13-7/h6-7H,2-4H2,1H3,(H,9,10)(H,11,12)/t6-,7-/m1/s1. The molecule has 0 spiro atoms.